The first-order chi connectivity index (χ1) is 13.3. The average Bonchev–Trinajstić information content (AvgIpc) is 2.92. The molecule has 0 aliphatic carbocycles. The van der Waals surface area contributed by atoms with Crippen LogP contribution in [0.15, 0.2) is 65.4 Å². The number of methoxy groups -OCH3 is 1. The number of non-ortho nitro benzene ring substituents is 1. The van der Waals surface area contributed by atoms with Crippen LogP contribution in [0.1, 0.15) is 12.5 Å². The minimum atomic E-state index is -0.659. The Balaban J connectivity index is 2.12. The minimum absolute atomic E-state index is 0.0718. The number of ether oxygens (including phenoxy) is 1. The fraction of sp³-hybridized carbons (Fsp3) is 0.100. The number of allylic oxidation sites excluding steroid dienone is 1. The number of rotatable bonds is 4. The highest BCUT2D eigenvalue weighted by molar-refractivity contribution is 6.35. The number of anilines is 1. The SMILES string of the molecule is COC(=O)C1=C(C)N(c2ccccc2Cl)C(=O)/C1=C\c1ccc([N+](=O)[O-])cc1. The Morgan fingerprint density at radius 1 is 1.18 bits per heavy atom. The predicted molar refractivity (Wildman–Crippen MR) is 105 cm³/mol. The second-order valence-electron chi connectivity index (χ2n) is 5.95. The Labute approximate surface area is 165 Å². The van der Waals surface area contributed by atoms with E-state index in [0.717, 1.165) is 0 Å². The van der Waals surface area contributed by atoms with Crippen LogP contribution in [0.25, 0.3) is 6.08 Å². The van der Waals surface area contributed by atoms with Crippen LogP contribution < -0.4 is 4.90 Å². The summed E-state index contributed by atoms with van der Waals surface area (Å²) in [6, 6.07) is 12.4. The van der Waals surface area contributed by atoms with Crippen molar-refractivity contribution in [2.45, 2.75) is 6.92 Å². The molecule has 2 aromatic rings. The number of hydrogen-bond donors (Lipinski definition) is 0. The van der Waals surface area contributed by atoms with E-state index in [1.807, 2.05) is 0 Å². The smallest absolute Gasteiger partial charge is 0.340 e. The number of carbonyl (C=O) groups is 2. The zero-order valence-corrected chi connectivity index (χ0v) is 15.8. The van der Waals surface area contributed by atoms with Crippen LogP contribution in [0.5, 0.6) is 0 Å². The number of carbonyl (C=O) groups excluding carboxylic acids is 2. The molecule has 0 spiro atoms. The van der Waals surface area contributed by atoms with E-state index in [1.54, 1.807) is 31.2 Å². The van der Waals surface area contributed by atoms with Gasteiger partial charge in [0.2, 0.25) is 0 Å². The summed E-state index contributed by atoms with van der Waals surface area (Å²) in [6.45, 7) is 1.63. The third-order valence-electron chi connectivity index (χ3n) is 4.30. The lowest BCUT2D eigenvalue weighted by atomic mass is 10.0. The second-order valence-corrected chi connectivity index (χ2v) is 6.36. The minimum Gasteiger partial charge on any atom is -0.465 e. The molecule has 2 aromatic carbocycles. The summed E-state index contributed by atoms with van der Waals surface area (Å²) in [5.41, 5.74) is 1.53. The van der Waals surface area contributed by atoms with Crippen molar-refractivity contribution in [1.82, 2.24) is 0 Å². The molecule has 3 rings (SSSR count). The second kappa shape index (κ2) is 7.66. The first kappa shape index (κ1) is 19.3. The molecule has 0 radical (unpaired) electrons. The maximum Gasteiger partial charge on any atom is 0.340 e. The fourth-order valence-electron chi connectivity index (χ4n) is 2.96. The van der Waals surface area contributed by atoms with E-state index >= 15 is 0 Å². The average molecular weight is 399 g/mol. The molecule has 0 fully saturated rings. The summed E-state index contributed by atoms with van der Waals surface area (Å²) in [6.07, 6.45) is 1.50. The van der Waals surface area contributed by atoms with Gasteiger partial charge in [-0.3, -0.25) is 19.8 Å². The van der Waals surface area contributed by atoms with Gasteiger partial charge in [-0.1, -0.05) is 23.7 Å². The van der Waals surface area contributed by atoms with E-state index in [9.17, 15) is 19.7 Å². The molecule has 142 valence electrons. The predicted octanol–water partition coefficient (Wildman–Crippen LogP) is 4.13. The molecule has 28 heavy (non-hydrogen) atoms. The van der Waals surface area contributed by atoms with Crippen molar-refractivity contribution in [3.8, 4) is 0 Å². The largest absolute Gasteiger partial charge is 0.465 e. The number of para-hydroxylation sites is 1. The molecule has 1 aliphatic rings. The molecule has 0 saturated carbocycles. The van der Waals surface area contributed by atoms with Gasteiger partial charge in [-0.2, -0.15) is 0 Å². The number of nitrogens with zero attached hydrogens (tertiary/aromatic N) is 2. The Hall–Kier alpha value is -3.45. The number of esters is 1. The summed E-state index contributed by atoms with van der Waals surface area (Å²) >= 11 is 6.24. The molecular weight excluding hydrogens is 384 g/mol. The van der Waals surface area contributed by atoms with Crippen LogP contribution in [0.2, 0.25) is 5.02 Å². The van der Waals surface area contributed by atoms with E-state index in [1.165, 1.54) is 42.4 Å². The third kappa shape index (κ3) is 3.39. The Morgan fingerprint density at radius 2 is 1.82 bits per heavy atom. The van der Waals surface area contributed by atoms with Crippen molar-refractivity contribution in [3.63, 3.8) is 0 Å². The van der Waals surface area contributed by atoms with E-state index in [4.69, 9.17) is 16.3 Å². The van der Waals surface area contributed by atoms with Gasteiger partial charge in [0.25, 0.3) is 11.6 Å². The molecule has 1 heterocycles. The molecular formula is C20H15ClN2O5. The maximum absolute atomic E-state index is 13.1. The van der Waals surface area contributed by atoms with E-state index in [-0.39, 0.29) is 16.8 Å². The molecule has 0 aromatic heterocycles. The number of halogens is 1. The topological polar surface area (TPSA) is 89.8 Å². The molecule has 7 nitrogen and oxygen atoms in total. The highest BCUT2D eigenvalue weighted by atomic mass is 35.5. The van der Waals surface area contributed by atoms with Gasteiger partial charge in [-0.25, -0.2) is 4.79 Å². The summed E-state index contributed by atoms with van der Waals surface area (Å²) in [4.78, 5) is 37.1. The van der Waals surface area contributed by atoms with Crippen molar-refractivity contribution >= 4 is 40.9 Å². The van der Waals surface area contributed by atoms with E-state index in [0.29, 0.717) is 22.0 Å². The molecule has 0 N–H and O–H groups in total. The number of nitro benzene ring substituents is 1. The lowest BCUT2D eigenvalue weighted by molar-refractivity contribution is -0.384. The molecule has 0 bridgehead atoms. The Kier molecular flexibility index (Phi) is 5.28. The van der Waals surface area contributed by atoms with Crippen molar-refractivity contribution < 1.29 is 19.2 Å². The van der Waals surface area contributed by atoms with Crippen LogP contribution in [0.4, 0.5) is 11.4 Å². The summed E-state index contributed by atoms with van der Waals surface area (Å²) in [5.74, 6) is -1.10. The van der Waals surface area contributed by atoms with E-state index < -0.39 is 16.8 Å². The summed E-state index contributed by atoms with van der Waals surface area (Å²) in [7, 11) is 1.23. The number of hydrogen-bond acceptors (Lipinski definition) is 5. The normalized spacial score (nSPS) is 15.3. The fourth-order valence-corrected chi connectivity index (χ4v) is 3.18. The lowest BCUT2D eigenvalue weighted by Crippen LogP contribution is -2.24. The standard InChI is InChI=1S/C20H15ClN2O5/c1-12-18(20(25)28-2)15(11-13-7-9-14(10-8-13)23(26)27)19(24)22(12)17-6-4-3-5-16(17)21/h3-11H,1-2H3/b15-11-. The van der Waals surface area contributed by atoms with Crippen molar-refractivity contribution in [1.29, 1.82) is 0 Å². The zero-order valence-electron chi connectivity index (χ0n) is 15.0. The lowest BCUT2D eigenvalue weighted by Gasteiger charge is -2.19. The van der Waals surface area contributed by atoms with Crippen LogP contribution in [0, 0.1) is 10.1 Å². The highest BCUT2D eigenvalue weighted by Crippen LogP contribution is 2.38. The van der Waals surface area contributed by atoms with E-state index in [2.05, 4.69) is 0 Å². The number of benzene rings is 2. The van der Waals surface area contributed by atoms with Crippen LogP contribution in [-0.4, -0.2) is 23.9 Å². The number of nitro groups is 1. The molecule has 1 aliphatic heterocycles. The summed E-state index contributed by atoms with van der Waals surface area (Å²) in [5, 5.41) is 11.2. The van der Waals surface area contributed by atoms with Gasteiger partial charge in [-0.05, 0) is 42.8 Å². The molecule has 1 amide bonds. The van der Waals surface area contributed by atoms with Gasteiger partial charge in [0.1, 0.15) is 0 Å². The van der Waals surface area contributed by atoms with Gasteiger partial charge >= 0.3 is 5.97 Å². The molecule has 0 saturated heterocycles. The summed E-state index contributed by atoms with van der Waals surface area (Å²) < 4.78 is 4.85. The maximum atomic E-state index is 13.1. The van der Waals surface area contributed by atoms with Gasteiger partial charge < -0.3 is 4.74 Å². The van der Waals surface area contributed by atoms with Crippen molar-refractivity contribution in [2.24, 2.45) is 0 Å². The van der Waals surface area contributed by atoms with Gasteiger partial charge in [0.15, 0.2) is 0 Å². The van der Waals surface area contributed by atoms with Crippen LogP contribution in [0.3, 0.4) is 0 Å². The molecule has 8 heteroatoms. The molecule has 0 unspecified atom stereocenters. The van der Waals surface area contributed by atoms with Gasteiger partial charge in [0, 0.05) is 17.8 Å². The Morgan fingerprint density at radius 3 is 2.39 bits per heavy atom. The Bertz CT molecular complexity index is 1040. The first-order valence-corrected chi connectivity index (χ1v) is 8.57. The third-order valence-corrected chi connectivity index (χ3v) is 4.62. The van der Waals surface area contributed by atoms with Crippen molar-refractivity contribution in [2.75, 3.05) is 12.0 Å². The van der Waals surface area contributed by atoms with Gasteiger partial charge in [0.05, 0.1) is 33.9 Å². The molecule has 0 atom stereocenters. The van der Waals surface area contributed by atoms with Crippen LogP contribution >= 0.6 is 11.6 Å². The zero-order chi connectivity index (χ0) is 20.4. The van der Waals surface area contributed by atoms with Crippen molar-refractivity contribution in [3.05, 3.63) is 86.1 Å². The highest BCUT2D eigenvalue weighted by Gasteiger charge is 2.38. The number of amides is 1. The first-order valence-electron chi connectivity index (χ1n) is 8.20. The van der Waals surface area contributed by atoms with Crippen LogP contribution in [-0.2, 0) is 14.3 Å². The van der Waals surface area contributed by atoms with Gasteiger partial charge in [-0.15, -0.1) is 0 Å². The quantitative estimate of drug-likeness (QED) is 0.334. The monoisotopic (exact) mass is 398 g/mol.